The van der Waals surface area contributed by atoms with Crippen molar-refractivity contribution in [3.63, 3.8) is 0 Å². The Hall–Kier alpha value is -1.56. The molecule has 5 nitrogen and oxygen atoms in total. The van der Waals surface area contributed by atoms with Gasteiger partial charge in [-0.1, -0.05) is 34.6 Å². The van der Waals surface area contributed by atoms with Crippen molar-refractivity contribution in [2.24, 2.45) is 5.41 Å². The summed E-state index contributed by atoms with van der Waals surface area (Å²) in [7, 11) is 0. The van der Waals surface area contributed by atoms with E-state index < -0.39 is 5.41 Å². The van der Waals surface area contributed by atoms with Gasteiger partial charge < -0.3 is 15.3 Å². The van der Waals surface area contributed by atoms with Gasteiger partial charge in [0.25, 0.3) is 0 Å². The van der Waals surface area contributed by atoms with Gasteiger partial charge in [-0.15, -0.1) is 0 Å². The lowest BCUT2D eigenvalue weighted by Crippen LogP contribution is -2.32. The molecule has 0 aliphatic carbocycles. The van der Waals surface area contributed by atoms with E-state index in [4.69, 9.17) is 15.3 Å². The van der Waals surface area contributed by atoms with Crippen molar-refractivity contribution in [1.29, 1.82) is 0 Å². The number of rotatable bonds is 8. The zero-order valence-electron chi connectivity index (χ0n) is 16.0. The summed E-state index contributed by atoms with van der Waals surface area (Å²) in [4.78, 5) is 22.0. The first-order valence-corrected chi connectivity index (χ1v) is 8.66. The fraction of sp³-hybridized carbons (Fsp3) is 0.600. The molecule has 0 amide bonds. The van der Waals surface area contributed by atoms with Gasteiger partial charge in [-0.05, 0) is 41.5 Å². The van der Waals surface area contributed by atoms with Crippen LogP contribution in [0.3, 0.4) is 0 Å². The predicted molar refractivity (Wildman–Crippen MR) is 99.4 cm³/mol. The maximum absolute atomic E-state index is 11.0. The molecule has 1 aromatic carbocycles. The van der Waals surface area contributed by atoms with Crippen LogP contribution >= 0.6 is 0 Å². The number of carbonyl (C=O) groups excluding carboxylic acids is 2. The fourth-order valence-corrected chi connectivity index (χ4v) is 2.36. The average molecular weight is 352 g/mol. The maximum Gasteiger partial charge on any atom is 0.150 e. The van der Waals surface area contributed by atoms with Crippen LogP contribution in [0.1, 0.15) is 84.7 Å². The lowest BCUT2D eigenvalue weighted by atomic mass is 9.88. The zero-order chi connectivity index (χ0) is 19.6. The average Bonchev–Trinajstić information content (AvgIpc) is 2.63. The summed E-state index contributed by atoms with van der Waals surface area (Å²) in [5, 5.41) is 26.0. The van der Waals surface area contributed by atoms with Crippen LogP contribution in [0, 0.1) is 5.41 Å². The number of hydrogen-bond acceptors (Lipinski definition) is 5. The van der Waals surface area contributed by atoms with E-state index >= 15 is 0 Å². The predicted octanol–water partition coefficient (Wildman–Crippen LogP) is 2.92. The van der Waals surface area contributed by atoms with Crippen LogP contribution in [0.5, 0.6) is 0 Å². The second kappa shape index (κ2) is 11.1. The Bertz CT molecular complexity index is 488. The minimum Gasteiger partial charge on any atom is -0.396 e. The second-order valence-electron chi connectivity index (χ2n) is 6.98. The largest absolute Gasteiger partial charge is 0.396 e. The highest BCUT2D eigenvalue weighted by Gasteiger charge is 2.24. The molecule has 0 aliphatic rings. The highest BCUT2D eigenvalue weighted by Crippen LogP contribution is 2.26. The van der Waals surface area contributed by atoms with Crippen molar-refractivity contribution >= 4 is 12.6 Å². The Morgan fingerprint density at radius 3 is 1.28 bits per heavy atom. The van der Waals surface area contributed by atoms with Crippen LogP contribution < -0.4 is 0 Å². The van der Waals surface area contributed by atoms with Gasteiger partial charge in [-0.3, -0.25) is 9.59 Å². The van der Waals surface area contributed by atoms with Gasteiger partial charge in [0.05, 0.1) is 19.8 Å². The van der Waals surface area contributed by atoms with E-state index in [1.807, 2.05) is 46.8 Å². The lowest BCUT2D eigenvalue weighted by Gasteiger charge is -2.24. The van der Waals surface area contributed by atoms with Crippen molar-refractivity contribution < 1.29 is 24.9 Å². The minimum atomic E-state index is -0.667. The van der Waals surface area contributed by atoms with Crippen molar-refractivity contribution in [3.05, 3.63) is 34.4 Å². The normalized spacial score (nSPS) is 11.3. The van der Waals surface area contributed by atoms with E-state index in [1.54, 1.807) is 0 Å². The molecule has 0 bridgehead atoms. The molecule has 0 saturated carbocycles. The van der Waals surface area contributed by atoms with Crippen molar-refractivity contribution in [2.75, 3.05) is 19.8 Å². The highest BCUT2D eigenvalue weighted by atomic mass is 16.3. The summed E-state index contributed by atoms with van der Waals surface area (Å²) < 4.78 is 0. The quantitative estimate of drug-likeness (QED) is 0.625. The summed E-state index contributed by atoms with van der Waals surface area (Å²) in [5.74, 6) is 0.500. The molecule has 3 N–H and O–H groups in total. The number of carbonyl (C=O) groups is 2. The third kappa shape index (κ3) is 6.34. The molecule has 0 radical (unpaired) electrons. The molecule has 5 heteroatoms. The molecule has 0 aromatic heterocycles. The third-order valence-corrected chi connectivity index (χ3v) is 4.54. The van der Waals surface area contributed by atoms with Crippen molar-refractivity contribution in [2.45, 2.75) is 52.9 Å². The summed E-state index contributed by atoms with van der Waals surface area (Å²) in [5.41, 5.74) is 2.62. The summed E-state index contributed by atoms with van der Waals surface area (Å²) in [6, 6.07) is 3.69. The molecule has 0 heterocycles. The van der Waals surface area contributed by atoms with Gasteiger partial charge in [-0.25, -0.2) is 0 Å². The molecular weight excluding hydrogens is 320 g/mol. The van der Waals surface area contributed by atoms with Crippen LogP contribution in [0.2, 0.25) is 0 Å². The SMILES string of the molecule is CC(C)c1cc(C=O)c(C(C)C)cc1C=O.CCC(CO)(CO)CO. The number of benzene rings is 1. The Kier molecular flexibility index (Phi) is 10.4. The van der Waals surface area contributed by atoms with Crippen LogP contribution in [0.25, 0.3) is 0 Å². The third-order valence-electron chi connectivity index (χ3n) is 4.54. The Morgan fingerprint density at radius 1 is 0.840 bits per heavy atom. The number of aldehydes is 2. The first kappa shape index (κ1) is 23.4. The Labute approximate surface area is 150 Å². The summed E-state index contributed by atoms with van der Waals surface area (Å²) in [6.45, 7) is 9.43. The monoisotopic (exact) mass is 352 g/mol. The Balaban J connectivity index is 0.000000547. The van der Waals surface area contributed by atoms with Crippen molar-refractivity contribution in [3.8, 4) is 0 Å². The molecule has 0 saturated heterocycles. The summed E-state index contributed by atoms with van der Waals surface area (Å²) in [6.07, 6.45) is 2.34. The zero-order valence-corrected chi connectivity index (χ0v) is 16.0. The van der Waals surface area contributed by atoms with Gasteiger partial charge >= 0.3 is 0 Å². The smallest absolute Gasteiger partial charge is 0.150 e. The fourth-order valence-electron chi connectivity index (χ4n) is 2.36. The molecular formula is C20H32O5. The van der Waals surface area contributed by atoms with Crippen LogP contribution in [-0.2, 0) is 0 Å². The van der Waals surface area contributed by atoms with E-state index in [-0.39, 0.29) is 31.7 Å². The van der Waals surface area contributed by atoms with Gasteiger partial charge in [0.15, 0.2) is 0 Å². The maximum atomic E-state index is 11.0. The molecule has 1 rings (SSSR count). The first-order valence-electron chi connectivity index (χ1n) is 8.66. The molecule has 0 fully saturated rings. The van der Waals surface area contributed by atoms with Gasteiger partial charge in [0.2, 0.25) is 0 Å². The van der Waals surface area contributed by atoms with E-state index in [9.17, 15) is 9.59 Å². The second-order valence-corrected chi connectivity index (χ2v) is 6.98. The van der Waals surface area contributed by atoms with Crippen molar-refractivity contribution in [1.82, 2.24) is 0 Å². The number of aliphatic hydroxyl groups excluding tert-OH is 3. The van der Waals surface area contributed by atoms with E-state index in [2.05, 4.69) is 0 Å². The standard InChI is InChI=1S/C14H18O2.C6H14O3/c1-9(2)13-5-12(8-16)14(10(3)4)6-11(13)7-15;1-2-6(3-7,4-8)5-9/h5-10H,1-4H3;7-9H,2-5H2,1H3. The number of aliphatic hydroxyl groups is 3. The van der Waals surface area contributed by atoms with E-state index in [1.165, 1.54) is 0 Å². The van der Waals surface area contributed by atoms with E-state index in [0.29, 0.717) is 17.5 Å². The van der Waals surface area contributed by atoms with Crippen LogP contribution in [0.4, 0.5) is 0 Å². The van der Waals surface area contributed by atoms with Gasteiger partial charge in [0.1, 0.15) is 12.6 Å². The molecule has 25 heavy (non-hydrogen) atoms. The Morgan fingerprint density at radius 2 is 1.16 bits per heavy atom. The minimum absolute atomic E-state index is 0.156. The molecule has 0 aliphatic heterocycles. The van der Waals surface area contributed by atoms with Gasteiger partial charge in [-0.2, -0.15) is 0 Å². The summed E-state index contributed by atoms with van der Waals surface area (Å²) >= 11 is 0. The van der Waals surface area contributed by atoms with Crippen LogP contribution in [0.15, 0.2) is 12.1 Å². The highest BCUT2D eigenvalue weighted by molar-refractivity contribution is 5.84. The topological polar surface area (TPSA) is 94.8 Å². The molecule has 1 aromatic rings. The lowest BCUT2D eigenvalue weighted by molar-refractivity contribution is 0.00304. The first-order chi connectivity index (χ1) is 11.7. The molecule has 142 valence electrons. The molecule has 0 unspecified atom stereocenters. The van der Waals surface area contributed by atoms with Gasteiger partial charge in [0, 0.05) is 16.5 Å². The molecule has 0 spiro atoms. The number of hydrogen-bond donors (Lipinski definition) is 3. The molecule has 0 atom stereocenters. The van der Waals surface area contributed by atoms with E-state index in [0.717, 1.165) is 23.7 Å². The van der Waals surface area contributed by atoms with Crippen LogP contribution in [-0.4, -0.2) is 47.7 Å².